The zero-order chi connectivity index (χ0) is 20.6. The zero-order valence-electron chi connectivity index (χ0n) is 16.8. The van der Waals surface area contributed by atoms with E-state index in [1.54, 1.807) is 4.90 Å². The summed E-state index contributed by atoms with van der Waals surface area (Å²) in [4.78, 5) is 28.6. The first-order chi connectivity index (χ1) is 13.9. The van der Waals surface area contributed by atoms with Crippen molar-refractivity contribution in [2.75, 3.05) is 10.2 Å². The zero-order valence-corrected chi connectivity index (χ0v) is 16.8. The second kappa shape index (κ2) is 7.17. The molecule has 0 unspecified atom stereocenters. The first-order valence-corrected chi connectivity index (χ1v) is 9.67. The predicted molar refractivity (Wildman–Crippen MR) is 112 cm³/mol. The van der Waals surface area contributed by atoms with Gasteiger partial charge in [0.15, 0.2) is 6.20 Å². The number of rotatable bonds is 3. The van der Waals surface area contributed by atoms with Crippen molar-refractivity contribution >= 4 is 23.2 Å². The molecular weight excluding hydrogens is 362 g/mol. The fourth-order valence-corrected chi connectivity index (χ4v) is 3.98. The Kier molecular flexibility index (Phi) is 4.66. The van der Waals surface area contributed by atoms with E-state index in [1.807, 2.05) is 98.3 Å². The Bertz CT molecular complexity index is 1110. The van der Waals surface area contributed by atoms with Crippen molar-refractivity contribution in [2.24, 2.45) is 0 Å². The fourth-order valence-electron chi connectivity index (χ4n) is 3.98. The Morgan fingerprint density at radius 3 is 2.55 bits per heavy atom. The molecule has 2 aromatic carbocycles. The van der Waals surface area contributed by atoms with Gasteiger partial charge in [0.25, 0.3) is 11.8 Å². The number of amides is 2. The number of hydrogen-bond acceptors (Lipinski definition) is 2. The number of carbonyl (C=O) groups excluding carboxylic acids is 2. The van der Waals surface area contributed by atoms with Crippen LogP contribution in [0.25, 0.3) is 0 Å². The largest absolute Gasteiger partial charge is 0.323 e. The molecule has 0 saturated heterocycles. The number of nitrogens with one attached hydrogen (secondary N) is 1. The third-order valence-electron chi connectivity index (χ3n) is 5.54. The Morgan fingerprint density at radius 1 is 1.03 bits per heavy atom. The molecule has 1 aliphatic rings. The molecule has 0 bridgehead atoms. The molecule has 1 N–H and O–H groups in total. The summed E-state index contributed by atoms with van der Waals surface area (Å²) in [7, 11) is 0. The van der Waals surface area contributed by atoms with Crippen molar-refractivity contribution in [3.05, 3.63) is 89.7 Å². The van der Waals surface area contributed by atoms with Gasteiger partial charge >= 0.3 is 0 Å². The van der Waals surface area contributed by atoms with E-state index < -0.39 is 5.54 Å². The molecule has 0 aliphatic carbocycles. The molecule has 2 heterocycles. The topological polar surface area (TPSA) is 53.3 Å². The quantitative estimate of drug-likeness (QED) is 0.701. The van der Waals surface area contributed by atoms with E-state index in [2.05, 4.69) is 5.32 Å². The maximum Gasteiger partial charge on any atom is 0.294 e. The van der Waals surface area contributed by atoms with Crippen LogP contribution in [0.5, 0.6) is 0 Å². The lowest BCUT2D eigenvalue weighted by Crippen LogP contribution is -2.67. The van der Waals surface area contributed by atoms with E-state index in [0.29, 0.717) is 5.69 Å². The highest BCUT2D eigenvalue weighted by atomic mass is 16.2. The highest BCUT2D eigenvalue weighted by Crippen LogP contribution is 2.36. The Balaban J connectivity index is 1.87. The van der Waals surface area contributed by atoms with Gasteiger partial charge in [0.05, 0.1) is 0 Å². The van der Waals surface area contributed by atoms with Crippen LogP contribution >= 0.6 is 0 Å². The lowest BCUT2D eigenvalue weighted by Gasteiger charge is -2.40. The molecule has 0 spiro atoms. The number of benzene rings is 2. The monoisotopic (exact) mass is 386 g/mol. The van der Waals surface area contributed by atoms with Crippen molar-refractivity contribution in [1.82, 2.24) is 0 Å². The Labute approximate surface area is 170 Å². The van der Waals surface area contributed by atoms with Gasteiger partial charge in [-0.3, -0.25) is 14.5 Å². The average molecular weight is 386 g/mol. The molecule has 0 saturated carbocycles. The van der Waals surface area contributed by atoms with Crippen molar-refractivity contribution in [2.45, 2.75) is 32.9 Å². The third-order valence-corrected chi connectivity index (χ3v) is 5.54. The van der Waals surface area contributed by atoms with Gasteiger partial charge in [0.1, 0.15) is 0 Å². The van der Waals surface area contributed by atoms with E-state index >= 15 is 0 Å². The van der Waals surface area contributed by atoms with Crippen LogP contribution in [0.2, 0.25) is 0 Å². The summed E-state index contributed by atoms with van der Waals surface area (Å²) in [6.07, 6.45) is 1.85. The summed E-state index contributed by atoms with van der Waals surface area (Å²) >= 11 is 0. The van der Waals surface area contributed by atoms with Gasteiger partial charge in [-0.15, -0.1) is 0 Å². The van der Waals surface area contributed by atoms with Crippen molar-refractivity contribution in [1.29, 1.82) is 0 Å². The van der Waals surface area contributed by atoms with E-state index in [9.17, 15) is 9.59 Å². The molecular formula is C24H24N3O2+. The highest BCUT2D eigenvalue weighted by Gasteiger charge is 2.54. The average Bonchev–Trinajstić information content (AvgIpc) is 2.69. The maximum absolute atomic E-state index is 13.7. The lowest BCUT2D eigenvalue weighted by molar-refractivity contribution is -0.697. The highest BCUT2D eigenvalue weighted by molar-refractivity contribution is 6.08. The van der Waals surface area contributed by atoms with Crippen LogP contribution in [0.1, 0.15) is 23.7 Å². The minimum absolute atomic E-state index is 0.123. The minimum atomic E-state index is -1.20. The normalized spacial score (nSPS) is 18.3. The predicted octanol–water partition coefficient (Wildman–Crippen LogP) is 3.49. The molecule has 3 aromatic rings. The van der Waals surface area contributed by atoms with Crippen LogP contribution < -0.4 is 14.8 Å². The standard InChI is InChI=1S/C24H23N3O2/c1-17-9-8-11-19(15-17)27-22(28)16-26-14-7-6-13-21(26)24(27,3)23(29)25-20-12-5-4-10-18(20)2/h4-15H,16H2,1-3H3/p+1/t24-/m0/s1. The molecule has 5 heteroatoms. The SMILES string of the molecule is Cc1cccc(N2C(=O)C[n+]3ccccc3[C@@]2(C)C(=O)Nc2ccccc2C)c1. The van der Waals surface area contributed by atoms with Crippen molar-refractivity contribution in [3.8, 4) is 0 Å². The number of para-hydroxylation sites is 1. The van der Waals surface area contributed by atoms with Crippen LogP contribution in [-0.4, -0.2) is 11.8 Å². The van der Waals surface area contributed by atoms with Crippen LogP contribution in [0, 0.1) is 13.8 Å². The number of anilines is 2. The second-order valence-electron chi connectivity index (χ2n) is 7.62. The number of hydrogen-bond donors (Lipinski definition) is 1. The molecule has 1 aliphatic heterocycles. The van der Waals surface area contributed by atoms with E-state index in [4.69, 9.17) is 0 Å². The molecule has 4 rings (SSSR count). The molecule has 0 radical (unpaired) electrons. The number of aryl methyl sites for hydroxylation is 2. The van der Waals surface area contributed by atoms with Gasteiger partial charge < -0.3 is 5.32 Å². The molecule has 1 atom stereocenters. The molecule has 29 heavy (non-hydrogen) atoms. The van der Waals surface area contributed by atoms with Crippen LogP contribution in [0.3, 0.4) is 0 Å². The molecule has 146 valence electrons. The number of aromatic nitrogens is 1. The number of pyridine rings is 1. The van der Waals surface area contributed by atoms with Gasteiger partial charge in [-0.1, -0.05) is 36.4 Å². The Morgan fingerprint density at radius 2 is 1.79 bits per heavy atom. The Hall–Kier alpha value is -3.47. The third kappa shape index (κ3) is 3.18. The smallest absolute Gasteiger partial charge is 0.294 e. The summed E-state index contributed by atoms with van der Waals surface area (Å²) in [5.74, 6) is -0.372. The van der Waals surface area contributed by atoms with Crippen LogP contribution in [0.15, 0.2) is 72.9 Å². The van der Waals surface area contributed by atoms with Crippen LogP contribution in [-0.2, 0) is 21.7 Å². The van der Waals surface area contributed by atoms with Gasteiger partial charge in [-0.25, -0.2) is 0 Å². The summed E-state index contributed by atoms with van der Waals surface area (Å²) in [6, 6.07) is 21.0. The molecule has 0 fully saturated rings. The van der Waals surface area contributed by atoms with Gasteiger partial charge in [0.2, 0.25) is 17.8 Å². The van der Waals surface area contributed by atoms with Crippen LogP contribution in [0.4, 0.5) is 11.4 Å². The van der Waals surface area contributed by atoms with E-state index in [-0.39, 0.29) is 18.4 Å². The summed E-state index contributed by atoms with van der Waals surface area (Å²) < 4.78 is 1.85. The van der Waals surface area contributed by atoms with Crippen molar-refractivity contribution in [3.63, 3.8) is 0 Å². The summed E-state index contributed by atoms with van der Waals surface area (Å²) in [5, 5.41) is 3.05. The molecule has 5 nitrogen and oxygen atoms in total. The first kappa shape index (κ1) is 18.9. The van der Waals surface area contributed by atoms with E-state index in [1.165, 1.54) is 0 Å². The number of fused-ring (bicyclic) bond motifs is 1. The lowest BCUT2D eigenvalue weighted by atomic mass is 9.89. The first-order valence-electron chi connectivity index (χ1n) is 9.67. The number of carbonyl (C=O) groups is 2. The molecule has 2 amide bonds. The molecule has 1 aromatic heterocycles. The summed E-state index contributed by atoms with van der Waals surface area (Å²) in [5.41, 5.74) is 3.02. The second-order valence-corrected chi connectivity index (χ2v) is 7.62. The number of nitrogens with zero attached hydrogens (tertiary/aromatic N) is 2. The van der Waals surface area contributed by atoms with Crippen molar-refractivity contribution < 1.29 is 14.2 Å². The van der Waals surface area contributed by atoms with Gasteiger partial charge in [-0.2, -0.15) is 4.57 Å². The van der Waals surface area contributed by atoms with Gasteiger partial charge in [-0.05, 0) is 50.1 Å². The fraction of sp³-hybridized carbons (Fsp3) is 0.208. The maximum atomic E-state index is 13.7. The summed E-state index contributed by atoms with van der Waals surface area (Å²) in [6.45, 7) is 5.93. The van der Waals surface area contributed by atoms with E-state index in [0.717, 1.165) is 22.5 Å². The van der Waals surface area contributed by atoms with Gasteiger partial charge in [0, 0.05) is 23.5 Å². The minimum Gasteiger partial charge on any atom is -0.323 e.